The molecule has 0 bridgehead atoms. The number of nitrogens with one attached hydrogen (secondary N) is 1. The van der Waals surface area contributed by atoms with Crippen LogP contribution in [0.5, 0.6) is 0 Å². The molecule has 0 aromatic carbocycles. The first-order valence-electron chi connectivity index (χ1n) is 4.29. The Morgan fingerprint density at radius 2 is 2.27 bits per heavy atom. The molecule has 64 valence electrons. The summed E-state index contributed by atoms with van der Waals surface area (Å²) in [5.41, 5.74) is 0.496. The van der Waals surface area contributed by atoms with Gasteiger partial charge in [0.15, 0.2) is 0 Å². The van der Waals surface area contributed by atoms with Crippen molar-refractivity contribution in [1.82, 2.24) is 5.32 Å². The molecule has 1 saturated heterocycles. The molecule has 11 heavy (non-hydrogen) atoms. The second-order valence-electron chi connectivity index (χ2n) is 3.97. The van der Waals surface area contributed by atoms with Crippen molar-refractivity contribution in [3.05, 3.63) is 0 Å². The Morgan fingerprint density at radius 1 is 1.55 bits per heavy atom. The van der Waals surface area contributed by atoms with Crippen LogP contribution < -0.4 is 5.32 Å². The van der Waals surface area contributed by atoms with Gasteiger partial charge < -0.3 is 5.32 Å². The van der Waals surface area contributed by atoms with Gasteiger partial charge in [-0.3, -0.25) is 4.21 Å². The van der Waals surface area contributed by atoms with E-state index in [0.29, 0.717) is 11.5 Å². The van der Waals surface area contributed by atoms with Crippen LogP contribution in [0, 0.1) is 5.41 Å². The van der Waals surface area contributed by atoms with Gasteiger partial charge in [-0.2, -0.15) is 0 Å². The van der Waals surface area contributed by atoms with Crippen LogP contribution in [0.4, 0.5) is 0 Å². The lowest BCUT2D eigenvalue weighted by atomic mass is 10.0. The average molecular weight is 173 g/mol. The predicted octanol–water partition coefficient (Wildman–Crippen LogP) is 0.507. The molecule has 2 aliphatic rings. The molecule has 1 N–H and O–H groups in total. The molecule has 2 nitrogen and oxygen atoms in total. The van der Waals surface area contributed by atoms with Gasteiger partial charge in [0.05, 0.1) is 0 Å². The minimum atomic E-state index is -0.539. The molecule has 0 aromatic heterocycles. The Morgan fingerprint density at radius 3 is 2.82 bits per heavy atom. The molecule has 0 amide bonds. The first-order valence-corrected chi connectivity index (χ1v) is 5.78. The van der Waals surface area contributed by atoms with E-state index in [4.69, 9.17) is 0 Å². The Labute approximate surface area is 70.2 Å². The second kappa shape index (κ2) is 2.56. The summed E-state index contributed by atoms with van der Waals surface area (Å²) in [5, 5.41) is 3.46. The van der Waals surface area contributed by atoms with Crippen molar-refractivity contribution >= 4 is 10.8 Å². The van der Waals surface area contributed by atoms with Crippen molar-refractivity contribution in [3.63, 3.8) is 0 Å². The zero-order valence-electron chi connectivity index (χ0n) is 6.93. The number of rotatable bonds is 1. The van der Waals surface area contributed by atoms with E-state index in [9.17, 15) is 4.21 Å². The van der Waals surface area contributed by atoms with Gasteiger partial charge in [-0.1, -0.05) is 6.92 Å². The zero-order valence-corrected chi connectivity index (χ0v) is 7.75. The van der Waals surface area contributed by atoms with E-state index in [1.165, 1.54) is 12.8 Å². The Balaban J connectivity index is 1.98. The van der Waals surface area contributed by atoms with Crippen molar-refractivity contribution in [1.29, 1.82) is 0 Å². The van der Waals surface area contributed by atoms with Gasteiger partial charge in [-0.05, 0) is 18.3 Å². The normalized spacial score (nSPS) is 41.9. The van der Waals surface area contributed by atoms with Gasteiger partial charge in [0.1, 0.15) is 0 Å². The highest BCUT2D eigenvalue weighted by Crippen LogP contribution is 2.48. The summed E-state index contributed by atoms with van der Waals surface area (Å²) in [7, 11) is -0.539. The lowest BCUT2D eigenvalue weighted by Crippen LogP contribution is -2.47. The van der Waals surface area contributed by atoms with E-state index in [0.717, 1.165) is 18.1 Å². The smallest absolute Gasteiger partial charge is 0.0394 e. The molecular formula is C8H15NOS. The molecule has 2 fully saturated rings. The van der Waals surface area contributed by atoms with Gasteiger partial charge in [0.2, 0.25) is 0 Å². The van der Waals surface area contributed by atoms with E-state index in [1.807, 2.05) is 0 Å². The van der Waals surface area contributed by atoms with Crippen LogP contribution in [0.3, 0.4) is 0 Å². The maximum absolute atomic E-state index is 11.2. The number of hydrogen-bond donors (Lipinski definition) is 1. The fraction of sp³-hybridized carbons (Fsp3) is 1.00. The van der Waals surface area contributed by atoms with Crippen molar-refractivity contribution in [2.24, 2.45) is 5.41 Å². The summed E-state index contributed by atoms with van der Waals surface area (Å²) in [6, 6.07) is 0.539. The summed E-state index contributed by atoms with van der Waals surface area (Å²) in [4.78, 5) is 0. The van der Waals surface area contributed by atoms with Crippen LogP contribution in [-0.2, 0) is 10.8 Å². The monoisotopic (exact) mass is 173 g/mol. The topological polar surface area (TPSA) is 29.1 Å². The maximum atomic E-state index is 11.2. The first-order chi connectivity index (χ1) is 5.21. The first kappa shape index (κ1) is 7.74. The van der Waals surface area contributed by atoms with Crippen molar-refractivity contribution in [2.75, 3.05) is 18.1 Å². The molecule has 2 atom stereocenters. The van der Waals surface area contributed by atoms with Crippen LogP contribution in [0.15, 0.2) is 0 Å². The quantitative estimate of drug-likeness (QED) is 0.626. The van der Waals surface area contributed by atoms with Gasteiger partial charge in [0.25, 0.3) is 0 Å². The van der Waals surface area contributed by atoms with Crippen molar-refractivity contribution in [3.8, 4) is 0 Å². The molecule has 1 saturated carbocycles. The van der Waals surface area contributed by atoms with E-state index >= 15 is 0 Å². The predicted molar refractivity (Wildman–Crippen MR) is 47.0 cm³/mol. The summed E-state index contributed by atoms with van der Waals surface area (Å²) < 4.78 is 11.2. The third-order valence-corrected chi connectivity index (χ3v) is 4.32. The van der Waals surface area contributed by atoms with Crippen molar-refractivity contribution < 1.29 is 4.21 Å². The summed E-state index contributed by atoms with van der Waals surface area (Å²) in [6.45, 7) is 3.25. The highest BCUT2D eigenvalue weighted by Gasteiger charge is 2.45. The molecule has 0 radical (unpaired) electrons. The second-order valence-corrected chi connectivity index (χ2v) is 5.59. The van der Waals surface area contributed by atoms with Gasteiger partial charge in [-0.25, -0.2) is 0 Å². The lowest BCUT2D eigenvalue weighted by Gasteiger charge is -2.28. The summed E-state index contributed by atoms with van der Waals surface area (Å²) >= 11 is 0. The van der Waals surface area contributed by atoms with Gasteiger partial charge in [0, 0.05) is 34.9 Å². The molecule has 0 aromatic rings. The van der Waals surface area contributed by atoms with Gasteiger partial charge >= 0.3 is 0 Å². The Bertz CT molecular complexity index is 189. The minimum Gasteiger partial charge on any atom is -0.312 e. The van der Waals surface area contributed by atoms with E-state index < -0.39 is 10.8 Å². The lowest BCUT2D eigenvalue weighted by molar-refractivity contribution is 0.385. The van der Waals surface area contributed by atoms with Crippen LogP contribution in [0.1, 0.15) is 19.8 Å². The molecule has 1 aliphatic heterocycles. The van der Waals surface area contributed by atoms with E-state index in [1.54, 1.807) is 0 Å². The highest BCUT2D eigenvalue weighted by molar-refractivity contribution is 7.85. The van der Waals surface area contributed by atoms with Crippen molar-refractivity contribution in [2.45, 2.75) is 25.8 Å². The zero-order chi connectivity index (χ0) is 7.90. The SMILES string of the molecule is CC1(C2CS(=O)CCN2)CC1. The highest BCUT2D eigenvalue weighted by atomic mass is 32.2. The fourth-order valence-corrected chi connectivity index (χ4v) is 3.07. The van der Waals surface area contributed by atoms with E-state index in [-0.39, 0.29) is 0 Å². The van der Waals surface area contributed by atoms with Crippen LogP contribution in [0.2, 0.25) is 0 Å². The Hall–Kier alpha value is 0.110. The van der Waals surface area contributed by atoms with Crippen LogP contribution in [0.25, 0.3) is 0 Å². The van der Waals surface area contributed by atoms with E-state index in [2.05, 4.69) is 12.2 Å². The number of hydrogen-bond acceptors (Lipinski definition) is 2. The third-order valence-electron chi connectivity index (χ3n) is 2.95. The average Bonchev–Trinajstić information content (AvgIpc) is 2.70. The molecule has 2 rings (SSSR count). The summed E-state index contributed by atoms with van der Waals surface area (Å²) in [5.74, 6) is 1.74. The molecule has 1 aliphatic carbocycles. The van der Waals surface area contributed by atoms with Crippen LogP contribution in [-0.4, -0.2) is 28.3 Å². The van der Waals surface area contributed by atoms with Gasteiger partial charge in [-0.15, -0.1) is 0 Å². The maximum Gasteiger partial charge on any atom is 0.0394 e. The standard InChI is InChI=1S/C8H15NOS/c1-8(2-3-8)7-6-11(10)5-4-9-7/h7,9H,2-6H2,1H3. The largest absolute Gasteiger partial charge is 0.312 e. The molecule has 2 unspecified atom stereocenters. The third kappa shape index (κ3) is 1.49. The van der Waals surface area contributed by atoms with Crippen LogP contribution >= 0.6 is 0 Å². The molecule has 1 heterocycles. The molecule has 3 heteroatoms. The molecular weight excluding hydrogens is 158 g/mol. The summed E-state index contributed by atoms with van der Waals surface area (Å²) in [6.07, 6.45) is 2.64. The Kier molecular flexibility index (Phi) is 1.80. The molecule has 0 spiro atoms. The fourth-order valence-electron chi connectivity index (χ4n) is 1.67. The minimum absolute atomic E-state index is 0.496.